The largest absolute Gasteiger partial charge is 0.481 e. The van der Waals surface area contributed by atoms with E-state index in [1.165, 1.54) is 13.3 Å². The van der Waals surface area contributed by atoms with E-state index in [1.54, 1.807) is 39.4 Å². The Morgan fingerprint density at radius 1 is 1.26 bits per heavy atom. The first-order valence-electron chi connectivity index (χ1n) is 8.91. The number of piperidine rings is 1. The molecule has 1 aliphatic rings. The highest BCUT2D eigenvalue weighted by Gasteiger charge is 2.28. The van der Waals surface area contributed by atoms with Crippen molar-refractivity contribution < 1.29 is 9.53 Å². The van der Waals surface area contributed by atoms with Gasteiger partial charge in [-0.05, 0) is 31.0 Å². The second-order valence-corrected chi connectivity index (χ2v) is 6.69. The average Bonchev–Trinajstić information content (AvgIpc) is 2.98. The highest BCUT2D eigenvalue weighted by molar-refractivity contribution is 5.94. The second kappa shape index (κ2) is 6.86. The number of ether oxygens (including phenoxy) is 1. The molecule has 8 nitrogen and oxygen atoms in total. The van der Waals surface area contributed by atoms with Crippen molar-refractivity contribution in [1.82, 2.24) is 24.0 Å². The van der Waals surface area contributed by atoms with Crippen LogP contribution in [0.4, 0.5) is 0 Å². The predicted octanol–water partition coefficient (Wildman–Crippen LogP) is 1.62. The summed E-state index contributed by atoms with van der Waals surface area (Å²) < 4.78 is 8.37. The van der Waals surface area contributed by atoms with Crippen LogP contribution in [-0.4, -0.2) is 50.1 Å². The number of likely N-dealkylation sites (tertiary alicyclic amines) is 1. The summed E-state index contributed by atoms with van der Waals surface area (Å²) >= 11 is 0. The quantitative estimate of drug-likeness (QED) is 0.702. The van der Waals surface area contributed by atoms with Crippen LogP contribution in [0.1, 0.15) is 29.2 Å². The van der Waals surface area contributed by atoms with Gasteiger partial charge in [0, 0.05) is 38.6 Å². The number of hydrogen-bond acceptors (Lipinski definition) is 5. The Hall–Kier alpha value is -3.16. The molecule has 0 aromatic carbocycles. The average molecular weight is 367 g/mol. The maximum atomic E-state index is 12.9. The lowest BCUT2D eigenvalue weighted by atomic mass is 10.0. The lowest BCUT2D eigenvalue weighted by Crippen LogP contribution is -2.43. The van der Waals surface area contributed by atoms with Gasteiger partial charge in [-0.15, -0.1) is 0 Å². The van der Waals surface area contributed by atoms with Crippen molar-refractivity contribution in [3.63, 3.8) is 0 Å². The summed E-state index contributed by atoms with van der Waals surface area (Å²) in [5, 5.41) is 0. The summed E-state index contributed by atoms with van der Waals surface area (Å²) in [6.45, 7) is 1.13. The number of carbonyl (C=O) groups excluding carboxylic acids is 1. The first kappa shape index (κ1) is 17.3. The molecule has 3 aromatic heterocycles. The number of fused-ring (bicyclic) bond motifs is 1. The number of imidazole rings is 1. The molecule has 0 spiro atoms. The summed E-state index contributed by atoms with van der Waals surface area (Å²) in [4.78, 5) is 35.9. The van der Waals surface area contributed by atoms with Gasteiger partial charge in [0.15, 0.2) is 5.65 Å². The third kappa shape index (κ3) is 2.97. The zero-order valence-corrected chi connectivity index (χ0v) is 15.3. The first-order valence-corrected chi connectivity index (χ1v) is 8.91. The maximum absolute atomic E-state index is 12.9. The summed E-state index contributed by atoms with van der Waals surface area (Å²) in [6, 6.07) is 6.99. The molecule has 0 bridgehead atoms. The van der Waals surface area contributed by atoms with Crippen LogP contribution in [0.3, 0.4) is 0 Å². The molecule has 0 unspecified atom stereocenters. The van der Waals surface area contributed by atoms with E-state index >= 15 is 0 Å². The van der Waals surface area contributed by atoms with Crippen molar-refractivity contribution in [2.75, 3.05) is 20.2 Å². The van der Waals surface area contributed by atoms with Gasteiger partial charge < -0.3 is 9.64 Å². The van der Waals surface area contributed by atoms with E-state index in [-0.39, 0.29) is 17.6 Å². The van der Waals surface area contributed by atoms with E-state index in [0.29, 0.717) is 30.2 Å². The van der Waals surface area contributed by atoms with Gasteiger partial charge in [0.1, 0.15) is 0 Å². The van der Waals surface area contributed by atoms with Crippen LogP contribution in [0.25, 0.3) is 11.2 Å². The Morgan fingerprint density at radius 3 is 2.85 bits per heavy atom. The van der Waals surface area contributed by atoms with E-state index in [1.807, 2.05) is 12.1 Å². The molecular weight excluding hydrogens is 346 g/mol. The summed E-state index contributed by atoms with van der Waals surface area (Å²) in [6.07, 6.45) is 4.87. The Kier molecular flexibility index (Phi) is 4.39. The van der Waals surface area contributed by atoms with E-state index in [4.69, 9.17) is 4.74 Å². The summed E-state index contributed by atoms with van der Waals surface area (Å²) in [7, 11) is 3.28. The van der Waals surface area contributed by atoms with Gasteiger partial charge in [-0.3, -0.25) is 13.9 Å². The van der Waals surface area contributed by atoms with Crippen LogP contribution in [0, 0.1) is 0 Å². The molecule has 3 aromatic rings. The van der Waals surface area contributed by atoms with Gasteiger partial charge in [0.2, 0.25) is 5.88 Å². The van der Waals surface area contributed by atoms with Gasteiger partial charge in [-0.1, -0.05) is 0 Å². The van der Waals surface area contributed by atoms with Crippen molar-refractivity contribution in [1.29, 1.82) is 0 Å². The molecule has 4 heterocycles. The molecule has 0 radical (unpaired) electrons. The van der Waals surface area contributed by atoms with Crippen LogP contribution in [0.5, 0.6) is 5.88 Å². The lowest BCUT2D eigenvalue weighted by Gasteiger charge is -2.33. The molecule has 1 aliphatic heterocycles. The van der Waals surface area contributed by atoms with Crippen LogP contribution in [-0.2, 0) is 7.05 Å². The fourth-order valence-corrected chi connectivity index (χ4v) is 3.68. The van der Waals surface area contributed by atoms with Crippen molar-refractivity contribution in [3.8, 4) is 5.88 Å². The number of rotatable bonds is 3. The number of methoxy groups -OCH3 is 1. The molecule has 0 N–H and O–H groups in total. The Bertz CT molecular complexity index is 1040. The van der Waals surface area contributed by atoms with Crippen LogP contribution in [0.2, 0.25) is 0 Å². The van der Waals surface area contributed by atoms with Crippen LogP contribution in [0.15, 0.2) is 41.5 Å². The van der Waals surface area contributed by atoms with Crippen molar-refractivity contribution >= 4 is 17.1 Å². The third-order valence-electron chi connectivity index (χ3n) is 5.09. The molecule has 0 aliphatic carbocycles. The summed E-state index contributed by atoms with van der Waals surface area (Å²) in [5.41, 5.74) is 1.87. The molecule has 0 saturated carbocycles. The molecule has 27 heavy (non-hydrogen) atoms. The SMILES string of the molecule is COc1ccc(C(=O)N2CCC[C@H](n3c(=O)n(C)c4cccnc43)C2)cn1. The topological polar surface area (TPSA) is 82.2 Å². The standard InChI is InChI=1S/C19H21N5O3/c1-22-15-6-3-9-20-17(15)24(19(22)26)14-5-4-10-23(12-14)18(25)13-7-8-16(27-2)21-11-13/h3,6-9,11,14H,4-5,10,12H2,1-2H3/t14-/m0/s1. The molecule has 1 saturated heterocycles. The van der Waals surface area contributed by atoms with E-state index in [2.05, 4.69) is 9.97 Å². The zero-order valence-electron chi connectivity index (χ0n) is 15.3. The molecule has 4 rings (SSSR count). The highest BCUT2D eigenvalue weighted by atomic mass is 16.5. The predicted molar refractivity (Wildman–Crippen MR) is 99.9 cm³/mol. The molecule has 1 atom stereocenters. The third-order valence-corrected chi connectivity index (χ3v) is 5.09. The molecular formula is C19H21N5O3. The molecule has 8 heteroatoms. The van der Waals surface area contributed by atoms with Gasteiger partial charge in [-0.2, -0.15) is 0 Å². The second-order valence-electron chi connectivity index (χ2n) is 6.69. The minimum atomic E-state index is -0.103. The minimum absolute atomic E-state index is 0.0869. The molecule has 1 fully saturated rings. The maximum Gasteiger partial charge on any atom is 0.330 e. The normalized spacial score (nSPS) is 17.3. The minimum Gasteiger partial charge on any atom is -0.481 e. The van der Waals surface area contributed by atoms with E-state index in [9.17, 15) is 9.59 Å². The number of nitrogens with zero attached hydrogens (tertiary/aromatic N) is 5. The van der Waals surface area contributed by atoms with E-state index < -0.39 is 0 Å². The van der Waals surface area contributed by atoms with E-state index in [0.717, 1.165) is 18.4 Å². The van der Waals surface area contributed by atoms with Crippen molar-refractivity contribution in [2.24, 2.45) is 7.05 Å². The van der Waals surface area contributed by atoms with Crippen LogP contribution >= 0.6 is 0 Å². The number of aryl methyl sites for hydroxylation is 1. The Balaban J connectivity index is 1.63. The number of aromatic nitrogens is 4. The summed E-state index contributed by atoms with van der Waals surface area (Å²) in [5.74, 6) is 0.382. The lowest BCUT2D eigenvalue weighted by molar-refractivity contribution is 0.0678. The van der Waals surface area contributed by atoms with Gasteiger partial charge >= 0.3 is 5.69 Å². The van der Waals surface area contributed by atoms with Crippen molar-refractivity contribution in [2.45, 2.75) is 18.9 Å². The molecule has 140 valence electrons. The monoisotopic (exact) mass is 367 g/mol. The first-order chi connectivity index (χ1) is 13.1. The zero-order chi connectivity index (χ0) is 19.0. The van der Waals surface area contributed by atoms with Gasteiger partial charge in [0.25, 0.3) is 5.91 Å². The van der Waals surface area contributed by atoms with Gasteiger partial charge in [0.05, 0.1) is 24.2 Å². The number of pyridine rings is 2. The fourth-order valence-electron chi connectivity index (χ4n) is 3.68. The Labute approximate surface area is 156 Å². The smallest absolute Gasteiger partial charge is 0.330 e. The highest BCUT2D eigenvalue weighted by Crippen LogP contribution is 2.25. The number of carbonyl (C=O) groups is 1. The van der Waals surface area contributed by atoms with Crippen molar-refractivity contribution in [3.05, 3.63) is 52.7 Å². The fraction of sp³-hybridized carbons (Fsp3) is 0.368. The number of amides is 1. The van der Waals surface area contributed by atoms with Crippen LogP contribution < -0.4 is 10.4 Å². The number of hydrogen-bond donors (Lipinski definition) is 0. The molecule has 1 amide bonds. The van der Waals surface area contributed by atoms with Gasteiger partial charge in [-0.25, -0.2) is 14.8 Å². The Morgan fingerprint density at radius 2 is 2.11 bits per heavy atom.